The maximum Gasteiger partial charge on any atom is 0.237 e. The molecule has 1 aromatic carbocycles. The number of amides is 1. The number of nitrogens with zero attached hydrogens (tertiary/aromatic N) is 5. The monoisotopic (exact) mass is 336 g/mol. The Labute approximate surface area is 145 Å². The molecule has 0 atom stereocenters. The molecule has 3 aromatic rings. The fraction of sp³-hybridized carbons (Fsp3) is 0.333. The van der Waals surface area contributed by atoms with Crippen LogP contribution in [0.25, 0.3) is 17.0 Å². The van der Waals surface area contributed by atoms with Gasteiger partial charge in [-0.1, -0.05) is 12.1 Å². The summed E-state index contributed by atoms with van der Waals surface area (Å²) in [6, 6.07) is 9.75. The highest BCUT2D eigenvalue weighted by Gasteiger charge is 2.18. The highest BCUT2D eigenvalue weighted by atomic mass is 16.2. The lowest BCUT2D eigenvalue weighted by Crippen LogP contribution is -2.27. The predicted molar refractivity (Wildman–Crippen MR) is 95.6 cm³/mol. The lowest BCUT2D eigenvalue weighted by molar-refractivity contribution is -0.127. The second-order valence-corrected chi connectivity index (χ2v) is 6.11. The topological polar surface area (TPSA) is 75.9 Å². The van der Waals surface area contributed by atoms with E-state index in [2.05, 4.69) is 20.3 Å². The summed E-state index contributed by atoms with van der Waals surface area (Å²) >= 11 is 0. The van der Waals surface area contributed by atoms with E-state index in [-0.39, 0.29) is 5.91 Å². The highest BCUT2D eigenvalue weighted by molar-refractivity contribution is 5.78. The fourth-order valence-electron chi connectivity index (χ4n) is 3.11. The number of hydrogen-bond acceptors (Lipinski definition) is 5. The van der Waals surface area contributed by atoms with Crippen LogP contribution >= 0.6 is 0 Å². The van der Waals surface area contributed by atoms with Gasteiger partial charge in [-0.05, 0) is 31.0 Å². The van der Waals surface area contributed by atoms with Crippen molar-refractivity contribution in [3.63, 3.8) is 0 Å². The summed E-state index contributed by atoms with van der Waals surface area (Å²) in [7, 11) is 0. The standard InChI is InChI=1S/C18H20N6O/c25-17-7-3-11-23(17)12-4-9-19-16-8-10-20-18(22-16)24-13-21-14-5-1-2-6-15(14)24/h1-2,5-6,8,10,13H,3-4,7,9,11-12H2,(H,19,20,22). The molecule has 0 bridgehead atoms. The number of anilines is 1. The average molecular weight is 336 g/mol. The van der Waals surface area contributed by atoms with E-state index in [1.165, 1.54) is 0 Å². The third-order valence-electron chi connectivity index (χ3n) is 4.39. The molecule has 3 heterocycles. The molecule has 7 heteroatoms. The third-order valence-corrected chi connectivity index (χ3v) is 4.39. The molecule has 1 aliphatic rings. The predicted octanol–water partition coefficient (Wildman–Crippen LogP) is 2.24. The summed E-state index contributed by atoms with van der Waals surface area (Å²) in [5.41, 5.74) is 1.90. The van der Waals surface area contributed by atoms with Gasteiger partial charge < -0.3 is 10.2 Å². The quantitative estimate of drug-likeness (QED) is 0.699. The van der Waals surface area contributed by atoms with E-state index in [1.807, 2.05) is 39.8 Å². The fourth-order valence-corrected chi connectivity index (χ4v) is 3.11. The Hall–Kier alpha value is -2.96. The van der Waals surface area contributed by atoms with Gasteiger partial charge in [-0.2, -0.15) is 4.98 Å². The lowest BCUT2D eigenvalue weighted by atomic mass is 10.3. The summed E-state index contributed by atoms with van der Waals surface area (Å²) in [5.74, 6) is 1.64. The number of nitrogens with one attached hydrogen (secondary N) is 1. The van der Waals surface area contributed by atoms with Crippen LogP contribution in [0.4, 0.5) is 5.82 Å². The smallest absolute Gasteiger partial charge is 0.237 e. The zero-order chi connectivity index (χ0) is 17.1. The van der Waals surface area contributed by atoms with Crippen LogP contribution in [0.5, 0.6) is 0 Å². The molecule has 128 valence electrons. The molecule has 25 heavy (non-hydrogen) atoms. The molecule has 1 amide bonds. The van der Waals surface area contributed by atoms with Gasteiger partial charge in [0.1, 0.15) is 12.1 Å². The van der Waals surface area contributed by atoms with E-state index >= 15 is 0 Å². The van der Waals surface area contributed by atoms with Crippen molar-refractivity contribution in [2.24, 2.45) is 0 Å². The normalized spacial score (nSPS) is 14.4. The van der Waals surface area contributed by atoms with Crippen molar-refractivity contribution in [2.45, 2.75) is 19.3 Å². The second-order valence-electron chi connectivity index (χ2n) is 6.11. The molecule has 0 radical (unpaired) electrons. The van der Waals surface area contributed by atoms with Gasteiger partial charge in [0.25, 0.3) is 0 Å². The van der Waals surface area contributed by atoms with Gasteiger partial charge in [-0.15, -0.1) is 0 Å². The van der Waals surface area contributed by atoms with Crippen molar-refractivity contribution in [3.8, 4) is 5.95 Å². The zero-order valence-electron chi connectivity index (χ0n) is 13.9. The summed E-state index contributed by atoms with van der Waals surface area (Å²) in [5, 5.41) is 3.31. The molecular weight excluding hydrogens is 316 g/mol. The van der Waals surface area contributed by atoms with Crippen LogP contribution in [0, 0.1) is 0 Å². The van der Waals surface area contributed by atoms with Crippen LogP contribution in [0.3, 0.4) is 0 Å². The Morgan fingerprint density at radius 3 is 2.96 bits per heavy atom. The van der Waals surface area contributed by atoms with E-state index in [4.69, 9.17) is 0 Å². The minimum Gasteiger partial charge on any atom is -0.370 e. The molecule has 1 aliphatic heterocycles. The summed E-state index contributed by atoms with van der Waals surface area (Å²) in [6.07, 6.45) is 6.06. The number of carbonyl (C=O) groups excluding carboxylic acids is 1. The molecule has 1 fully saturated rings. The van der Waals surface area contributed by atoms with Crippen LogP contribution < -0.4 is 5.32 Å². The Morgan fingerprint density at radius 1 is 1.16 bits per heavy atom. The van der Waals surface area contributed by atoms with Gasteiger partial charge in [0.2, 0.25) is 11.9 Å². The molecule has 0 saturated carbocycles. The van der Waals surface area contributed by atoms with Crippen LogP contribution in [0.2, 0.25) is 0 Å². The zero-order valence-corrected chi connectivity index (χ0v) is 13.9. The number of aromatic nitrogens is 4. The Morgan fingerprint density at radius 2 is 2.08 bits per heavy atom. The summed E-state index contributed by atoms with van der Waals surface area (Å²) < 4.78 is 1.88. The Bertz CT molecular complexity index is 890. The van der Waals surface area contributed by atoms with Crippen molar-refractivity contribution in [1.29, 1.82) is 0 Å². The van der Waals surface area contributed by atoms with Gasteiger partial charge in [-0.25, -0.2) is 9.97 Å². The van der Waals surface area contributed by atoms with Crippen LogP contribution in [-0.2, 0) is 4.79 Å². The SMILES string of the molecule is O=C1CCCN1CCCNc1ccnc(-n2cnc3ccccc32)n1. The van der Waals surface area contributed by atoms with E-state index in [0.717, 1.165) is 49.3 Å². The van der Waals surface area contributed by atoms with Crippen molar-refractivity contribution in [2.75, 3.05) is 25.0 Å². The lowest BCUT2D eigenvalue weighted by Gasteiger charge is -2.15. The molecular formula is C18H20N6O. The molecule has 2 aromatic heterocycles. The molecule has 0 aliphatic carbocycles. The van der Waals surface area contributed by atoms with Gasteiger partial charge in [0.15, 0.2) is 0 Å². The first-order valence-electron chi connectivity index (χ1n) is 8.58. The first-order chi connectivity index (χ1) is 12.3. The third kappa shape index (κ3) is 3.31. The molecule has 7 nitrogen and oxygen atoms in total. The van der Waals surface area contributed by atoms with Gasteiger partial charge in [-0.3, -0.25) is 9.36 Å². The number of likely N-dealkylation sites (tertiary alicyclic amines) is 1. The first-order valence-corrected chi connectivity index (χ1v) is 8.58. The van der Waals surface area contributed by atoms with Crippen molar-refractivity contribution >= 4 is 22.8 Å². The van der Waals surface area contributed by atoms with Crippen LogP contribution in [0.1, 0.15) is 19.3 Å². The van der Waals surface area contributed by atoms with Crippen molar-refractivity contribution in [3.05, 3.63) is 42.9 Å². The second kappa shape index (κ2) is 6.88. The molecule has 1 saturated heterocycles. The minimum absolute atomic E-state index is 0.274. The van der Waals surface area contributed by atoms with Crippen molar-refractivity contribution < 1.29 is 4.79 Å². The average Bonchev–Trinajstić information content (AvgIpc) is 3.25. The maximum atomic E-state index is 11.6. The van der Waals surface area contributed by atoms with Gasteiger partial charge in [0.05, 0.1) is 11.0 Å². The van der Waals surface area contributed by atoms with Crippen molar-refractivity contribution in [1.82, 2.24) is 24.4 Å². The van der Waals surface area contributed by atoms with E-state index in [1.54, 1.807) is 12.5 Å². The van der Waals surface area contributed by atoms with E-state index < -0.39 is 0 Å². The molecule has 0 spiro atoms. The maximum absolute atomic E-state index is 11.6. The molecule has 4 rings (SSSR count). The number of fused-ring (bicyclic) bond motifs is 1. The van der Waals surface area contributed by atoms with E-state index in [0.29, 0.717) is 12.4 Å². The molecule has 1 N–H and O–H groups in total. The number of rotatable bonds is 6. The van der Waals surface area contributed by atoms with Crippen LogP contribution in [-0.4, -0.2) is 50.0 Å². The first kappa shape index (κ1) is 15.6. The summed E-state index contributed by atoms with van der Waals surface area (Å²) in [6.45, 7) is 2.46. The highest BCUT2D eigenvalue weighted by Crippen LogP contribution is 2.16. The number of benzene rings is 1. The van der Waals surface area contributed by atoms with E-state index in [9.17, 15) is 4.79 Å². The Balaban J connectivity index is 1.40. The Kier molecular flexibility index (Phi) is 4.28. The van der Waals surface area contributed by atoms with Crippen LogP contribution in [0.15, 0.2) is 42.9 Å². The van der Waals surface area contributed by atoms with Gasteiger partial charge >= 0.3 is 0 Å². The number of carbonyl (C=O) groups is 1. The largest absolute Gasteiger partial charge is 0.370 e. The number of imidazole rings is 1. The summed E-state index contributed by atoms with van der Waals surface area (Å²) in [4.78, 5) is 26.8. The number of para-hydroxylation sites is 2. The minimum atomic E-state index is 0.274. The molecule has 0 unspecified atom stereocenters. The van der Waals surface area contributed by atoms with Gasteiger partial charge in [0, 0.05) is 32.3 Å². The number of hydrogen-bond donors (Lipinski definition) is 1.